The van der Waals surface area contributed by atoms with Gasteiger partial charge in [0.2, 0.25) is 0 Å². The minimum Gasteiger partial charge on any atom is -0.382 e. The Morgan fingerprint density at radius 2 is 2.09 bits per heavy atom. The predicted octanol–water partition coefficient (Wildman–Crippen LogP) is 2.82. The molecular weight excluding hydrogens is 293 g/mol. The van der Waals surface area contributed by atoms with E-state index in [2.05, 4.69) is 33.9 Å². The van der Waals surface area contributed by atoms with Crippen LogP contribution in [0.3, 0.4) is 0 Å². The molecule has 122 valence electrons. The molecule has 3 rings (SSSR count). The Labute approximate surface area is 128 Å². The summed E-state index contributed by atoms with van der Waals surface area (Å²) in [5.41, 5.74) is -0.201. The summed E-state index contributed by atoms with van der Waals surface area (Å²) in [5.74, 6) is 0.652. The number of aromatic nitrogens is 1. The third-order valence-electron chi connectivity index (χ3n) is 4.50. The van der Waals surface area contributed by atoms with Gasteiger partial charge in [0.25, 0.3) is 0 Å². The van der Waals surface area contributed by atoms with E-state index in [9.17, 15) is 13.2 Å². The highest BCUT2D eigenvalue weighted by Crippen LogP contribution is 2.36. The number of halogens is 3. The second kappa shape index (κ2) is 5.61. The van der Waals surface area contributed by atoms with Gasteiger partial charge in [0.15, 0.2) is 5.82 Å². The summed E-state index contributed by atoms with van der Waals surface area (Å²) < 4.78 is 38.5. The minimum atomic E-state index is -4.36. The third kappa shape index (κ3) is 2.86. The lowest BCUT2D eigenvalue weighted by Gasteiger charge is -2.43. The highest BCUT2D eigenvalue weighted by Gasteiger charge is 2.35. The van der Waals surface area contributed by atoms with Crippen LogP contribution in [0, 0.1) is 0 Å². The first kappa shape index (κ1) is 15.4. The number of hydrogen-bond donors (Lipinski definition) is 1. The number of rotatable bonds is 1. The molecule has 0 bridgehead atoms. The number of alkyl halides is 3. The number of pyridine rings is 1. The minimum absolute atomic E-state index is 0.300. The van der Waals surface area contributed by atoms with Crippen molar-refractivity contribution in [3.8, 4) is 0 Å². The van der Waals surface area contributed by atoms with Gasteiger partial charge in [-0.05, 0) is 26.3 Å². The highest BCUT2D eigenvalue weighted by molar-refractivity contribution is 5.68. The van der Waals surface area contributed by atoms with Crippen molar-refractivity contribution in [1.29, 1.82) is 0 Å². The maximum Gasteiger partial charge on any atom is 0.417 e. The molecule has 0 unspecified atom stereocenters. The number of nitrogens with one attached hydrogen (secondary N) is 1. The molecule has 0 radical (unpaired) electrons. The van der Waals surface area contributed by atoms with Gasteiger partial charge in [0.1, 0.15) is 0 Å². The van der Waals surface area contributed by atoms with Crippen LogP contribution in [0.15, 0.2) is 12.3 Å². The molecule has 1 aromatic rings. The molecule has 0 spiro atoms. The van der Waals surface area contributed by atoms with Crippen molar-refractivity contribution < 1.29 is 13.2 Å². The van der Waals surface area contributed by atoms with Crippen LogP contribution >= 0.6 is 0 Å². The Kier molecular flexibility index (Phi) is 3.92. The van der Waals surface area contributed by atoms with Gasteiger partial charge in [-0.15, -0.1) is 0 Å². The predicted molar refractivity (Wildman–Crippen MR) is 80.2 cm³/mol. The fraction of sp³-hybridized carbons (Fsp3) is 0.667. The van der Waals surface area contributed by atoms with Gasteiger partial charge in [0, 0.05) is 44.5 Å². The van der Waals surface area contributed by atoms with Crippen LogP contribution in [0.5, 0.6) is 0 Å². The first-order chi connectivity index (χ1) is 10.4. The fourth-order valence-corrected chi connectivity index (χ4v) is 3.22. The summed E-state index contributed by atoms with van der Waals surface area (Å²) in [6, 6.07) is 1.96. The van der Waals surface area contributed by atoms with Crippen molar-refractivity contribution >= 4 is 11.5 Å². The maximum absolute atomic E-state index is 12.8. The van der Waals surface area contributed by atoms with Crippen LogP contribution in [-0.4, -0.2) is 48.1 Å². The average Bonchev–Trinajstić information content (AvgIpc) is 2.64. The Bertz CT molecular complexity index is 544. The zero-order valence-electron chi connectivity index (χ0n) is 12.8. The highest BCUT2D eigenvalue weighted by atomic mass is 19.4. The second-order valence-corrected chi connectivity index (χ2v) is 6.24. The largest absolute Gasteiger partial charge is 0.417 e. The van der Waals surface area contributed by atoms with Gasteiger partial charge < -0.3 is 10.2 Å². The Hall–Kier alpha value is -1.50. The van der Waals surface area contributed by atoms with E-state index in [1.807, 2.05) is 0 Å². The van der Waals surface area contributed by atoms with E-state index >= 15 is 0 Å². The van der Waals surface area contributed by atoms with Gasteiger partial charge in [-0.3, -0.25) is 4.90 Å². The number of nitrogens with zero attached hydrogens (tertiary/aromatic N) is 3. The zero-order chi connectivity index (χ0) is 15.9. The van der Waals surface area contributed by atoms with Crippen LogP contribution in [0.4, 0.5) is 24.7 Å². The summed E-state index contributed by atoms with van der Waals surface area (Å²) in [4.78, 5) is 8.70. The lowest BCUT2D eigenvalue weighted by atomic mass is 10.1. The number of hydrogen-bond acceptors (Lipinski definition) is 4. The molecule has 22 heavy (non-hydrogen) atoms. The van der Waals surface area contributed by atoms with Crippen molar-refractivity contribution in [3.63, 3.8) is 0 Å². The van der Waals surface area contributed by atoms with Crippen molar-refractivity contribution in [1.82, 2.24) is 9.88 Å². The standard InChI is InChI=1S/C15H21F3N4/c1-10(2)21-5-6-22-12(9-21)3-4-19-13-7-11(15(16,17)18)8-20-14(13)22/h7-8,10,12,19H,3-6,9H2,1-2H3/t12-/m0/s1. The van der Waals surface area contributed by atoms with Gasteiger partial charge in [-0.25, -0.2) is 4.98 Å². The van der Waals surface area contributed by atoms with Gasteiger partial charge >= 0.3 is 6.18 Å². The van der Waals surface area contributed by atoms with Gasteiger partial charge in [-0.2, -0.15) is 13.2 Å². The van der Waals surface area contributed by atoms with Crippen molar-refractivity contribution in [2.24, 2.45) is 0 Å². The molecule has 3 heterocycles. The van der Waals surface area contributed by atoms with E-state index in [0.29, 0.717) is 30.1 Å². The quantitative estimate of drug-likeness (QED) is 0.864. The molecule has 1 N–H and O–H groups in total. The normalized spacial score (nSPS) is 22.8. The molecule has 0 saturated carbocycles. The molecule has 1 atom stereocenters. The monoisotopic (exact) mass is 314 g/mol. The van der Waals surface area contributed by atoms with Crippen LogP contribution in [-0.2, 0) is 6.18 Å². The van der Waals surface area contributed by atoms with E-state index in [1.165, 1.54) is 6.07 Å². The van der Waals surface area contributed by atoms with Gasteiger partial charge in [0.05, 0.1) is 11.3 Å². The fourth-order valence-electron chi connectivity index (χ4n) is 3.22. The smallest absolute Gasteiger partial charge is 0.382 e. The maximum atomic E-state index is 12.8. The molecule has 4 nitrogen and oxygen atoms in total. The molecule has 2 aliphatic rings. The Balaban J connectivity index is 1.89. The number of fused-ring (bicyclic) bond motifs is 3. The SMILES string of the molecule is CC(C)N1CCN2c3ncc(C(F)(F)F)cc3NCC[C@H]2C1. The van der Waals surface area contributed by atoms with Gasteiger partial charge in [-0.1, -0.05) is 0 Å². The van der Waals surface area contributed by atoms with Crippen molar-refractivity contribution in [2.45, 2.75) is 38.5 Å². The molecule has 1 aromatic heterocycles. The number of anilines is 2. The van der Waals surface area contributed by atoms with E-state index in [-0.39, 0.29) is 0 Å². The summed E-state index contributed by atoms with van der Waals surface area (Å²) in [6.45, 7) is 7.66. The molecule has 7 heteroatoms. The zero-order valence-corrected chi connectivity index (χ0v) is 12.8. The molecule has 1 saturated heterocycles. The topological polar surface area (TPSA) is 31.4 Å². The summed E-state index contributed by atoms with van der Waals surface area (Å²) in [6.07, 6.45) is -2.51. The first-order valence-electron chi connectivity index (χ1n) is 7.68. The molecule has 1 fully saturated rings. The molecule has 0 amide bonds. The average molecular weight is 314 g/mol. The van der Waals surface area contributed by atoms with E-state index in [1.54, 1.807) is 0 Å². The van der Waals surface area contributed by atoms with E-state index in [0.717, 1.165) is 32.3 Å². The summed E-state index contributed by atoms with van der Waals surface area (Å²) in [5, 5.41) is 3.12. The molecule has 0 aliphatic carbocycles. The Morgan fingerprint density at radius 3 is 2.77 bits per heavy atom. The van der Waals surface area contributed by atoms with Crippen LogP contribution in [0.1, 0.15) is 25.8 Å². The molecular formula is C15H21F3N4. The summed E-state index contributed by atoms with van der Waals surface area (Å²) in [7, 11) is 0. The third-order valence-corrected chi connectivity index (χ3v) is 4.50. The van der Waals surface area contributed by atoms with Crippen LogP contribution in [0.25, 0.3) is 0 Å². The first-order valence-corrected chi connectivity index (χ1v) is 7.68. The van der Waals surface area contributed by atoms with Crippen LogP contribution < -0.4 is 10.2 Å². The molecule has 0 aromatic carbocycles. The van der Waals surface area contributed by atoms with Crippen molar-refractivity contribution in [2.75, 3.05) is 36.4 Å². The lowest BCUT2D eigenvalue weighted by molar-refractivity contribution is -0.137. The van der Waals surface area contributed by atoms with Crippen LogP contribution in [0.2, 0.25) is 0 Å². The lowest BCUT2D eigenvalue weighted by Crippen LogP contribution is -2.55. The van der Waals surface area contributed by atoms with Crippen molar-refractivity contribution in [3.05, 3.63) is 17.8 Å². The Morgan fingerprint density at radius 1 is 1.32 bits per heavy atom. The second-order valence-electron chi connectivity index (χ2n) is 6.24. The number of piperazine rings is 1. The van der Waals surface area contributed by atoms with E-state index < -0.39 is 11.7 Å². The van der Waals surface area contributed by atoms with E-state index in [4.69, 9.17) is 0 Å². The molecule has 2 aliphatic heterocycles. The summed E-state index contributed by atoms with van der Waals surface area (Å²) >= 11 is 0.